The zero-order valence-corrected chi connectivity index (χ0v) is 13.9. The van der Waals surface area contributed by atoms with E-state index in [1.54, 1.807) is 6.92 Å². The Balaban J connectivity index is 1.83. The number of hydrogen-bond acceptors (Lipinski definition) is 6. The summed E-state index contributed by atoms with van der Waals surface area (Å²) < 4.78 is 0. The van der Waals surface area contributed by atoms with E-state index in [0.717, 1.165) is 6.42 Å². The van der Waals surface area contributed by atoms with E-state index in [4.69, 9.17) is 0 Å². The van der Waals surface area contributed by atoms with E-state index >= 15 is 0 Å². The number of aliphatic hydroxyl groups excluding tert-OH is 2. The highest BCUT2D eigenvalue weighted by Gasteiger charge is 2.60. The monoisotopic (exact) mass is 342 g/mol. The van der Waals surface area contributed by atoms with E-state index in [2.05, 4.69) is 5.32 Å². The predicted octanol–water partition coefficient (Wildman–Crippen LogP) is -0.404. The third-order valence-corrected chi connectivity index (χ3v) is 6.52. The first-order valence-corrected chi connectivity index (χ1v) is 8.74. The number of carboxylic acids is 1. The Morgan fingerprint density at radius 1 is 1.52 bits per heavy atom. The second-order valence-corrected chi connectivity index (χ2v) is 7.88. The normalized spacial score (nSPS) is 37.8. The Morgan fingerprint density at radius 2 is 2.22 bits per heavy atom. The molecular weight excluding hydrogens is 320 g/mol. The number of nitrogens with one attached hydrogen (secondary N) is 1. The summed E-state index contributed by atoms with van der Waals surface area (Å²) in [6, 6.07) is -0.221. The van der Waals surface area contributed by atoms with E-state index < -0.39 is 18.0 Å². The van der Waals surface area contributed by atoms with Crippen LogP contribution in [0.5, 0.6) is 0 Å². The third-order valence-electron chi connectivity index (χ3n) is 5.01. The van der Waals surface area contributed by atoms with E-state index in [1.165, 1.54) is 16.7 Å². The number of aliphatic hydroxyl groups is 2. The molecule has 23 heavy (non-hydrogen) atoms. The summed E-state index contributed by atoms with van der Waals surface area (Å²) in [4.78, 5) is 26.0. The SMILES string of the molecule is CC(O)[C@H]1C(=O)N2C(C(=O)O)=C(S[C@@H]3CN[C@H](CO)C3)[C@H](C)[C@H]12. The summed E-state index contributed by atoms with van der Waals surface area (Å²) in [5.74, 6) is -2.02. The van der Waals surface area contributed by atoms with Crippen molar-refractivity contribution in [2.45, 2.75) is 43.7 Å². The van der Waals surface area contributed by atoms with Gasteiger partial charge in [0.05, 0.1) is 24.7 Å². The summed E-state index contributed by atoms with van der Waals surface area (Å²) in [7, 11) is 0. The lowest BCUT2D eigenvalue weighted by Gasteiger charge is -2.46. The van der Waals surface area contributed by atoms with Crippen LogP contribution in [0.3, 0.4) is 0 Å². The fourth-order valence-corrected chi connectivity index (χ4v) is 5.39. The molecule has 0 saturated carbocycles. The number of hydrogen-bond donors (Lipinski definition) is 4. The molecule has 2 fully saturated rings. The molecule has 128 valence electrons. The van der Waals surface area contributed by atoms with Gasteiger partial charge in [-0.2, -0.15) is 0 Å². The van der Waals surface area contributed by atoms with Crippen molar-refractivity contribution in [1.82, 2.24) is 10.2 Å². The molecular formula is C15H22N2O5S. The Kier molecular flexibility index (Phi) is 4.43. The number of amides is 1. The molecule has 0 aliphatic carbocycles. The van der Waals surface area contributed by atoms with Gasteiger partial charge in [-0.15, -0.1) is 11.8 Å². The number of fused-ring (bicyclic) bond motifs is 1. The van der Waals surface area contributed by atoms with Gasteiger partial charge in [0.15, 0.2) is 0 Å². The van der Waals surface area contributed by atoms with Gasteiger partial charge in [-0.25, -0.2) is 4.79 Å². The van der Waals surface area contributed by atoms with Crippen LogP contribution in [0.4, 0.5) is 0 Å². The third kappa shape index (κ3) is 2.57. The molecule has 1 amide bonds. The average molecular weight is 342 g/mol. The van der Waals surface area contributed by atoms with Crippen LogP contribution < -0.4 is 5.32 Å². The van der Waals surface area contributed by atoms with Gasteiger partial charge in [0, 0.05) is 28.7 Å². The molecule has 0 bridgehead atoms. The minimum atomic E-state index is -1.09. The van der Waals surface area contributed by atoms with Crippen molar-refractivity contribution in [3.63, 3.8) is 0 Å². The topological polar surface area (TPSA) is 110 Å². The lowest BCUT2D eigenvalue weighted by molar-refractivity contribution is -0.163. The maximum Gasteiger partial charge on any atom is 0.353 e. The average Bonchev–Trinajstić information content (AvgIpc) is 3.02. The maximum atomic E-state index is 12.2. The van der Waals surface area contributed by atoms with Crippen molar-refractivity contribution in [3.05, 3.63) is 10.6 Å². The largest absolute Gasteiger partial charge is 0.477 e. The molecule has 0 radical (unpaired) electrons. The quantitative estimate of drug-likeness (QED) is 0.503. The Hall–Kier alpha value is -1.09. The van der Waals surface area contributed by atoms with Crippen LogP contribution in [0.25, 0.3) is 0 Å². The van der Waals surface area contributed by atoms with Crippen LogP contribution in [0, 0.1) is 11.8 Å². The van der Waals surface area contributed by atoms with Crippen LogP contribution in [0.2, 0.25) is 0 Å². The molecule has 6 atom stereocenters. The zero-order valence-electron chi connectivity index (χ0n) is 13.1. The molecule has 7 nitrogen and oxygen atoms in total. The zero-order chi connectivity index (χ0) is 16.9. The molecule has 3 rings (SSSR count). The molecule has 4 N–H and O–H groups in total. The van der Waals surface area contributed by atoms with E-state index in [-0.39, 0.29) is 41.5 Å². The minimum Gasteiger partial charge on any atom is -0.477 e. The van der Waals surface area contributed by atoms with E-state index in [0.29, 0.717) is 11.4 Å². The second kappa shape index (κ2) is 6.08. The van der Waals surface area contributed by atoms with Crippen molar-refractivity contribution < 1.29 is 24.9 Å². The molecule has 8 heteroatoms. The predicted molar refractivity (Wildman–Crippen MR) is 84.5 cm³/mol. The number of carboxylic acid groups (broad SMARTS) is 1. The fourth-order valence-electron chi connectivity index (χ4n) is 3.87. The van der Waals surface area contributed by atoms with E-state index in [1.807, 2.05) is 6.92 Å². The van der Waals surface area contributed by atoms with Crippen LogP contribution in [0.1, 0.15) is 20.3 Å². The van der Waals surface area contributed by atoms with Gasteiger partial charge in [-0.1, -0.05) is 6.92 Å². The number of thioether (sulfide) groups is 1. The number of nitrogens with zero attached hydrogens (tertiary/aromatic N) is 1. The lowest BCUT2D eigenvalue weighted by atomic mass is 9.79. The molecule has 0 aromatic rings. The van der Waals surface area contributed by atoms with Crippen molar-refractivity contribution in [2.24, 2.45) is 11.8 Å². The fraction of sp³-hybridized carbons (Fsp3) is 0.733. The van der Waals surface area contributed by atoms with Crippen LogP contribution >= 0.6 is 11.8 Å². The van der Waals surface area contributed by atoms with Gasteiger partial charge in [-0.05, 0) is 13.3 Å². The molecule has 2 saturated heterocycles. The molecule has 0 spiro atoms. The van der Waals surface area contributed by atoms with Crippen LogP contribution in [-0.4, -0.2) is 68.7 Å². The first kappa shape index (κ1) is 16.8. The van der Waals surface area contributed by atoms with Crippen molar-refractivity contribution >= 4 is 23.6 Å². The molecule has 3 aliphatic rings. The van der Waals surface area contributed by atoms with Crippen LogP contribution in [0.15, 0.2) is 10.6 Å². The van der Waals surface area contributed by atoms with Gasteiger partial charge in [0.2, 0.25) is 5.91 Å². The molecule has 0 aromatic carbocycles. The lowest BCUT2D eigenvalue weighted by Crippen LogP contribution is -2.63. The molecule has 0 aromatic heterocycles. The number of carbonyl (C=O) groups excluding carboxylic acids is 1. The minimum absolute atomic E-state index is 0.0435. The van der Waals surface area contributed by atoms with Gasteiger partial charge < -0.3 is 25.5 Å². The Labute approximate surface area is 138 Å². The van der Waals surface area contributed by atoms with Gasteiger partial charge in [-0.3, -0.25) is 4.79 Å². The summed E-state index contributed by atoms with van der Waals surface area (Å²) in [6.07, 6.45) is -0.0135. The highest BCUT2D eigenvalue weighted by atomic mass is 32.2. The van der Waals surface area contributed by atoms with Gasteiger partial charge in [0.25, 0.3) is 0 Å². The Morgan fingerprint density at radius 3 is 2.74 bits per heavy atom. The maximum absolute atomic E-state index is 12.2. The van der Waals surface area contributed by atoms with Crippen molar-refractivity contribution in [1.29, 1.82) is 0 Å². The first-order chi connectivity index (χ1) is 10.9. The molecule has 3 heterocycles. The smallest absolute Gasteiger partial charge is 0.353 e. The highest BCUT2D eigenvalue weighted by molar-refractivity contribution is 8.03. The summed E-state index contributed by atoms with van der Waals surface area (Å²) >= 11 is 1.49. The number of aliphatic carboxylic acids is 1. The summed E-state index contributed by atoms with van der Waals surface area (Å²) in [6.45, 7) is 4.26. The molecule has 3 aliphatic heterocycles. The van der Waals surface area contributed by atoms with Crippen molar-refractivity contribution in [2.75, 3.05) is 13.2 Å². The molecule has 1 unspecified atom stereocenters. The van der Waals surface area contributed by atoms with Gasteiger partial charge in [0.1, 0.15) is 5.70 Å². The summed E-state index contributed by atoms with van der Waals surface area (Å²) in [5.41, 5.74) is 0.0712. The second-order valence-electron chi connectivity index (χ2n) is 6.54. The standard InChI is InChI=1S/C15H22N2O5S/c1-6-11-10(7(2)19)14(20)17(11)12(15(21)22)13(6)23-9-3-8(5-18)16-4-9/h6-11,16,18-19H,3-5H2,1-2H3,(H,21,22)/t6-,7?,8+,9+,10-,11-/m1/s1. The number of rotatable bonds is 5. The summed E-state index contributed by atoms with van der Waals surface area (Å²) in [5, 5.41) is 31.9. The number of β-lactam (4-membered cyclic amide) rings is 1. The highest BCUT2D eigenvalue weighted by Crippen LogP contribution is 2.51. The first-order valence-electron chi connectivity index (χ1n) is 7.86. The Bertz CT molecular complexity index is 564. The van der Waals surface area contributed by atoms with Gasteiger partial charge >= 0.3 is 5.97 Å². The van der Waals surface area contributed by atoms with Crippen molar-refractivity contribution in [3.8, 4) is 0 Å². The van der Waals surface area contributed by atoms with E-state index in [9.17, 15) is 24.9 Å². The number of carbonyl (C=O) groups is 2. The van der Waals surface area contributed by atoms with Crippen LogP contribution in [-0.2, 0) is 9.59 Å².